The smallest absolute Gasteiger partial charge is 0.0678 e. The molecule has 0 aliphatic carbocycles. The van der Waals surface area contributed by atoms with Crippen molar-refractivity contribution in [2.24, 2.45) is 10.4 Å². The third-order valence-electron chi connectivity index (χ3n) is 5.50. The van der Waals surface area contributed by atoms with Crippen molar-refractivity contribution in [1.29, 1.82) is 0 Å². The molecule has 34 heavy (non-hydrogen) atoms. The van der Waals surface area contributed by atoms with E-state index in [1.165, 1.54) is 22.7 Å². The van der Waals surface area contributed by atoms with Gasteiger partial charge in [-0.25, -0.2) is 0 Å². The highest BCUT2D eigenvalue weighted by molar-refractivity contribution is 6.05. The molecule has 0 fully saturated rings. The van der Waals surface area contributed by atoms with Crippen LogP contribution in [0.5, 0.6) is 0 Å². The van der Waals surface area contributed by atoms with Crippen LogP contribution in [0.3, 0.4) is 0 Å². The van der Waals surface area contributed by atoms with Crippen molar-refractivity contribution in [1.82, 2.24) is 20.0 Å². The molecule has 0 saturated carbocycles. The van der Waals surface area contributed by atoms with Gasteiger partial charge < -0.3 is 0 Å². The number of aryl methyl sites for hydroxylation is 2. The van der Waals surface area contributed by atoms with E-state index in [4.69, 9.17) is 0 Å². The Hall–Kier alpha value is -2.17. The molecule has 0 bridgehead atoms. The Morgan fingerprint density at radius 2 is 1.44 bits per heavy atom. The number of hydrogen-bond acceptors (Lipinski definition) is 3. The van der Waals surface area contributed by atoms with Crippen LogP contribution < -0.4 is 0 Å². The monoisotopic (exact) mass is 471 g/mol. The molecule has 2 aromatic heterocycles. The van der Waals surface area contributed by atoms with Crippen LogP contribution in [0.25, 0.3) is 0 Å². The van der Waals surface area contributed by atoms with Gasteiger partial charge in [0.15, 0.2) is 0 Å². The van der Waals surface area contributed by atoms with Crippen LogP contribution in [-0.4, -0.2) is 32.2 Å². The molecule has 0 unspecified atom stereocenters. The summed E-state index contributed by atoms with van der Waals surface area (Å²) < 4.78 is 1.96. The van der Waals surface area contributed by atoms with Gasteiger partial charge in [-0.15, -0.1) is 0 Å². The van der Waals surface area contributed by atoms with Crippen molar-refractivity contribution in [3.63, 3.8) is 0 Å². The van der Waals surface area contributed by atoms with Crippen LogP contribution in [0.4, 0.5) is 0 Å². The lowest BCUT2D eigenvalue weighted by molar-refractivity contribution is 0.541. The lowest BCUT2D eigenvalue weighted by Crippen LogP contribution is -2.20. The molecule has 194 valence electrons. The quantitative estimate of drug-likeness (QED) is 0.494. The van der Waals surface area contributed by atoms with Crippen molar-refractivity contribution >= 4 is 5.71 Å². The van der Waals surface area contributed by atoms with Crippen molar-refractivity contribution in [3.05, 3.63) is 47.1 Å². The molecule has 0 amide bonds. The zero-order valence-corrected chi connectivity index (χ0v) is 23.4. The van der Waals surface area contributed by atoms with E-state index in [-0.39, 0.29) is 23.7 Å². The number of hydrogen-bond donors (Lipinski definition) is 1. The second-order valence-corrected chi connectivity index (χ2v) is 11.7. The van der Waals surface area contributed by atoms with Gasteiger partial charge in [0.05, 0.1) is 17.9 Å². The normalized spacial score (nSPS) is 13.6. The van der Waals surface area contributed by atoms with Crippen molar-refractivity contribution in [3.8, 4) is 0 Å². The van der Waals surface area contributed by atoms with E-state index >= 15 is 0 Å². The lowest BCUT2D eigenvalue weighted by atomic mass is 9.85. The fourth-order valence-electron chi connectivity index (χ4n) is 3.34. The van der Waals surface area contributed by atoms with E-state index in [0.717, 1.165) is 31.6 Å². The van der Waals surface area contributed by atoms with E-state index in [2.05, 4.69) is 122 Å². The van der Waals surface area contributed by atoms with Gasteiger partial charge in [0.1, 0.15) is 0 Å². The first-order valence-electron chi connectivity index (χ1n) is 12.5. The Kier molecular flexibility index (Phi) is 12.2. The third-order valence-corrected chi connectivity index (χ3v) is 5.50. The fourth-order valence-corrected chi connectivity index (χ4v) is 3.34. The SMILES string of the molecule is C.CCC1=CCN=C1C(C)(C)C.CCc1cc(C(C)(C)C)n[nH]1.CCn1ccc(C(C)(C)C)n1. The zero-order valence-electron chi connectivity index (χ0n) is 23.4. The van der Waals surface area contributed by atoms with Gasteiger partial charge in [0.25, 0.3) is 0 Å². The zero-order chi connectivity index (χ0) is 25.4. The van der Waals surface area contributed by atoms with Crippen LogP contribution >= 0.6 is 0 Å². The number of nitrogens with zero attached hydrogens (tertiary/aromatic N) is 4. The highest BCUT2D eigenvalue weighted by Gasteiger charge is 2.23. The van der Waals surface area contributed by atoms with E-state index in [1.54, 1.807) is 0 Å². The Morgan fingerprint density at radius 3 is 1.74 bits per heavy atom. The maximum atomic E-state index is 4.48. The van der Waals surface area contributed by atoms with Gasteiger partial charge >= 0.3 is 0 Å². The highest BCUT2D eigenvalue weighted by atomic mass is 15.3. The van der Waals surface area contributed by atoms with Crippen LogP contribution in [0, 0.1) is 5.41 Å². The first kappa shape index (κ1) is 31.8. The molecule has 2 aromatic rings. The Morgan fingerprint density at radius 1 is 0.853 bits per heavy atom. The molecule has 0 spiro atoms. The summed E-state index contributed by atoms with van der Waals surface area (Å²) in [7, 11) is 0. The maximum Gasteiger partial charge on any atom is 0.0678 e. The summed E-state index contributed by atoms with van der Waals surface area (Å²) in [5, 5.41) is 11.7. The number of aromatic nitrogens is 4. The molecule has 0 aromatic carbocycles. The van der Waals surface area contributed by atoms with Crippen LogP contribution in [0.2, 0.25) is 0 Å². The Bertz CT molecular complexity index is 853. The predicted molar refractivity (Wildman–Crippen MR) is 150 cm³/mol. The molecule has 1 aliphatic heterocycles. The van der Waals surface area contributed by atoms with Crippen molar-refractivity contribution in [2.45, 2.75) is 121 Å². The number of rotatable bonds is 3. The lowest BCUT2D eigenvalue weighted by Gasteiger charge is -2.20. The predicted octanol–water partition coefficient (Wildman–Crippen LogP) is 7.93. The summed E-state index contributed by atoms with van der Waals surface area (Å²) in [4.78, 5) is 4.48. The van der Waals surface area contributed by atoms with Crippen molar-refractivity contribution in [2.75, 3.05) is 6.54 Å². The molecule has 5 nitrogen and oxygen atoms in total. The molecule has 3 heterocycles. The summed E-state index contributed by atoms with van der Waals surface area (Å²) in [6.07, 6.45) is 6.42. The minimum Gasteiger partial charge on any atom is -0.285 e. The van der Waals surface area contributed by atoms with Crippen LogP contribution in [-0.2, 0) is 23.8 Å². The van der Waals surface area contributed by atoms with E-state index in [0.29, 0.717) is 0 Å². The molecular weight excluding hydrogens is 418 g/mol. The minimum absolute atomic E-state index is 0. The fraction of sp³-hybridized carbons (Fsp3) is 0.690. The van der Waals surface area contributed by atoms with Gasteiger partial charge in [0.2, 0.25) is 0 Å². The van der Waals surface area contributed by atoms with E-state index in [9.17, 15) is 0 Å². The van der Waals surface area contributed by atoms with Gasteiger partial charge in [-0.2, -0.15) is 10.2 Å². The summed E-state index contributed by atoms with van der Waals surface area (Å²) in [6, 6.07) is 4.23. The molecule has 5 heteroatoms. The summed E-state index contributed by atoms with van der Waals surface area (Å²) in [6.45, 7) is 28.0. The largest absolute Gasteiger partial charge is 0.285 e. The van der Waals surface area contributed by atoms with Crippen LogP contribution in [0.15, 0.2) is 35.0 Å². The topological polar surface area (TPSA) is 58.9 Å². The molecule has 3 rings (SSSR count). The van der Waals surface area contributed by atoms with Gasteiger partial charge in [0, 0.05) is 40.4 Å². The number of aromatic amines is 1. The third kappa shape index (κ3) is 9.99. The highest BCUT2D eigenvalue weighted by Crippen LogP contribution is 2.26. The minimum atomic E-state index is 0. The average molecular weight is 472 g/mol. The first-order valence-corrected chi connectivity index (χ1v) is 12.5. The average Bonchev–Trinajstić information content (AvgIpc) is 3.47. The van der Waals surface area contributed by atoms with E-state index < -0.39 is 0 Å². The molecule has 0 saturated heterocycles. The summed E-state index contributed by atoms with van der Waals surface area (Å²) >= 11 is 0. The maximum absolute atomic E-state index is 4.48. The molecule has 0 atom stereocenters. The number of allylic oxidation sites excluding steroid dienone is 1. The number of aliphatic imine (C=N–C) groups is 1. The first-order chi connectivity index (χ1) is 15.1. The molecule has 1 aliphatic rings. The Labute approximate surface area is 210 Å². The van der Waals surface area contributed by atoms with Gasteiger partial charge in [-0.05, 0) is 37.5 Å². The van der Waals surface area contributed by atoms with E-state index in [1.807, 2.05) is 10.9 Å². The Balaban J connectivity index is 0.000000473. The number of H-pyrrole nitrogens is 1. The number of nitrogens with one attached hydrogen (secondary N) is 1. The molecule has 0 radical (unpaired) electrons. The second-order valence-electron chi connectivity index (χ2n) is 11.7. The standard InChI is InChI=1S/C10H17N.2C9H16N2.CH4/c1-5-8-6-7-11-9(8)10(2,3)4;1-5-11-7-6-8(10-11)9(2,3)4;1-5-7-6-8(11-10-7)9(2,3)4;/h6H,5,7H2,1-4H3;6-7H,5H2,1-4H3;6H,5H2,1-4H3,(H,10,11);1H4. The van der Waals surface area contributed by atoms with Crippen LogP contribution in [0.1, 0.15) is 114 Å². The van der Waals surface area contributed by atoms with Gasteiger partial charge in [-0.1, -0.05) is 89.7 Å². The second kappa shape index (κ2) is 13.1. The molecular formula is C29H53N5. The molecule has 1 N–H and O–H groups in total. The summed E-state index contributed by atoms with van der Waals surface area (Å²) in [5.41, 5.74) is 6.86. The summed E-state index contributed by atoms with van der Waals surface area (Å²) in [5.74, 6) is 0. The van der Waals surface area contributed by atoms with Gasteiger partial charge in [-0.3, -0.25) is 14.8 Å². The van der Waals surface area contributed by atoms with Crippen molar-refractivity contribution < 1.29 is 0 Å².